The highest BCUT2D eigenvalue weighted by molar-refractivity contribution is 5.85. The summed E-state index contributed by atoms with van der Waals surface area (Å²) in [5.41, 5.74) is 2.63. The molecule has 0 amide bonds. The quantitative estimate of drug-likeness (QED) is 0.483. The third kappa shape index (κ3) is 3.02. The first kappa shape index (κ1) is 13.3. The summed E-state index contributed by atoms with van der Waals surface area (Å²) >= 11 is 0. The lowest BCUT2D eigenvalue weighted by Crippen LogP contribution is -2.15. The van der Waals surface area contributed by atoms with Crippen molar-refractivity contribution in [3.63, 3.8) is 0 Å². The molecule has 0 fully saturated rings. The Kier molecular flexibility index (Phi) is 3.80. The van der Waals surface area contributed by atoms with Gasteiger partial charge >= 0.3 is 5.69 Å². The largest absolute Gasteiger partial charge is 0.363 e. The van der Waals surface area contributed by atoms with E-state index in [1.54, 1.807) is 25.1 Å². The maximum atomic E-state index is 11.0. The highest BCUT2D eigenvalue weighted by atomic mass is 16.6. The first-order valence-corrected chi connectivity index (χ1v) is 5.54. The van der Waals surface area contributed by atoms with E-state index in [1.807, 2.05) is 0 Å². The van der Waals surface area contributed by atoms with Crippen LogP contribution >= 0.6 is 0 Å². The standard InChI is InChI=1S/C11H10N6O3/c1-7-10(13-11(18)16-14-7)15-12-6-8-4-2-3-5-9(8)17(19)20/h2-6H,1H3,(H2,13,15,16,18)/b12-6-. The molecule has 2 N–H and O–H groups in total. The normalized spacial score (nSPS) is 10.7. The van der Waals surface area contributed by atoms with E-state index in [4.69, 9.17) is 0 Å². The van der Waals surface area contributed by atoms with E-state index in [0.717, 1.165) is 0 Å². The number of benzene rings is 1. The summed E-state index contributed by atoms with van der Waals surface area (Å²) in [5, 5.41) is 20.5. The highest BCUT2D eigenvalue weighted by Crippen LogP contribution is 2.15. The second-order valence-corrected chi connectivity index (χ2v) is 3.76. The van der Waals surface area contributed by atoms with Gasteiger partial charge in [0.15, 0.2) is 5.82 Å². The molecule has 1 heterocycles. The van der Waals surface area contributed by atoms with Crippen LogP contribution in [-0.4, -0.2) is 26.3 Å². The summed E-state index contributed by atoms with van der Waals surface area (Å²) in [6.45, 7) is 1.63. The minimum Gasteiger partial charge on any atom is -0.260 e. The van der Waals surface area contributed by atoms with Crippen molar-refractivity contribution in [2.24, 2.45) is 5.10 Å². The Hall–Kier alpha value is -3.10. The number of para-hydroxylation sites is 1. The maximum absolute atomic E-state index is 11.0. The molecular weight excluding hydrogens is 264 g/mol. The molecule has 0 aliphatic rings. The zero-order chi connectivity index (χ0) is 14.5. The van der Waals surface area contributed by atoms with Gasteiger partial charge in [0.25, 0.3) is 5.69 Å². The van der Waals surface area contributed by atoms with Gasteiger partial charge < -0.3 is 0 Å². The molecule has 9 heteroatoms. The molecule has 0 atom stereocenters. The Morgan fingerprint density at radius 1 is 1.45 bits per heavy atom. The predicted octanol–water partition coefficient (Wildman–Crippen LogP) is 0.828. The number of anilines is 1. The van der Waals surface area contributed by atoms with E-state index < -0.39 is 10.6 Å². The minimum atomic E-state index is -0.612. The number of H-pyrrole nitrogens is 1. The van der Waals surface area contributed by atoms with Gasteiger partial charge in [-0.05, 0) is 13.0 Å². The van der Waals surface area contributed by atoms with E-state index in [-0.39, 0.29) is 11.5 Å². The number of nitro benzene ring substituents is 1. The molecule has 2 rings (SSSR count). The second kappa shape index (κ2) is 5.69. The molecule has 1 aromatic carbocycles. The number of aromatic nitrogens is 3. The Morgan fingerprint density at radius 2 is 2.20 bits per heavy atom. The molecule has 0 spiro atoms. The molecule has 0 bridgehead atoms. The molecule has 102 valence electrons. The van der Waals surface area contributed by atoms with Crippen LogP contribution in [0.25, 0.3) is 0 Å². The van der Waals surface area contributed by atoms with Crippen LogP contribution in [-0.2, 0) is 0 Å². The molecule has 9 nitrogen and oxygen atoms in total. The van der Waals surface area contributed by atoms with Crippen molar-refractivity contribution in [2.45, 2.75) is 6.92 Å². The lowest BCUT2D eigenvalue weighted by atomic mass is 10.2. The van der Waals surface area contributed by atoms with Gasteiger partial charge in [0.05, 0.1) is 16.7 Å². The van der Waals surface area contributed by atoms with Crippen molar-refractivity contribution in [1.29, 1.82) is 0 Å². The minimum absolute atomic E-state index is 0.0632. The molecule has 1 aromatic heterocycles. The number of rotatable bonds is 4. The van der Waals surface area contributed by atoms with Crippen LogP contribution in [0.1, 0.15) is 11.3 Å². The average molecular weight is 274 g/mol. The first-order valence-electron chi connectivity index (χ1n) is 5.54. The van der Waals surface area contributed by atoms with Gasteiger partial charge in [0, 0.05) is 6.07 Å². The van der Waals surface area contributed by atoms with Gasteiger partial charge in [0.2, 0.25) is 0 Å². The van der Waals surface area contributed by atoms with Gasteiger partial charge in [-0.2, -0.15) is 15.2 Å². The van der Waals surface area contributed by atoms with Crippen LogP contribution < -0.4 is 11.1 Å². The number of nitro groups is 1. The van der Waals surface area contributed by atoms with Crippen LogP contribution in [0.2, 0.25) is 0 Å². The van der Waals surface area contributed by atoms with Crippen LogP contribution in [0.4, 0.5) is 11.5 Å². The number of hydrazone groups is 1. The van der Waals surface area contributed by atoms with Crippen LogP contribution in [0.5, 0.6) is 0 Å². The van der Waals surface area contributed by atoms with Crippen LogP contribution in [0, 0.1) is 17.0 Å². The summed E-state index contributed by atoms with van der Waals surface area (Å²) in [5.74, 6) is 0.184. The average Bonchev–Trinajstić information content (AvgIpc) is 2.43. The molecular formula is C11H10N6O3. The summed E-state index contributed by atoms with van der Waals surface area (Å²) in [4.78, 5) is 24.9. The number of hydrogen-bond acceptors (Lipinski definition) is 7. The summed E-state index contributed by atoms with van der Waals surface area (Å²) < 4.78 is 0. The zero-order valence-electron chi connectivity index (χ0n) is 10.4. The number of aromatic amines is 1. The van der Waals surface area contributed by atoms with Crippen LogP contribution in [0.3, 0.4) is 0 Å². The SMILES string of the molecule is Cc1n[nH]c(=O)nc1N/N=C\c1ccccc1[N+](=O)[O-]. The van der Waals surface area contributed by atoms with Crippen molar-refractivity contribution in [1.82, 2.24) is 15.2 Å². The summed E-state index contributed by atoms with van der Waals surface area (Å²) in [6.07, 6.45) is 1.28. The third-order valence-electron chi connectivity index (χ3n) is 2.38. The molecule has 2 aromatic rings. The van der Waals surface area contributed by atoms with Crippen molar-refractivity contribution in [3.8, 4) is 0 Å². The summed E-state index contributed by atoms with van der Waals surface area (Å²) in [7, 11) is 0. The molecule has 0 aliphatic carbocycles. The third-order valence-corrected chi connectivity index (χ3v) is 2.38. The molecule has 20 heavy (non-hydrogen) atoms. The highest BCUT2D eigenvalue weighted by Gasteiger charge is 2.09. The molecule has 0 saturated heterocycles. The van der Waals surface area contributed by atoms with E-state index in [9.17, 15) is 14.9 Å². The Labute approximate surface area is 112 Å². The van der Waals surface area contributed by atoms with Crippen LogP contribution in [0.15, 0.2) is 34.2 Å². The second-order valence-electron chi connectivity index (χ2n) is 3.76. The molecule has 0 radical (unpaired) electrons. The lowest BCUT2D eigenvalue weighted by molar-refractivity contribution is -0.385. The van der Waals surface area contributed by atoms with Gasteiger partial charge in [-0.1, -0.05) is 12.1 Å². The first-order chi connectivity index (χ1) is 9.58. The summed E-state index contributed by atoms with van der Waals surface area (Å²) in [6, 6.07) is 6.15. The monoisotopic (exact) mass is 274 g/mol. The number of hydrogen-bond donors (Lipinski definition) is 2. The van der Waals surface area contributed by atoms with Crippen molar-refractivity contribution in [2.75, 3.05) is 5.43 Å². The van der Waals surface area contributed by atoms with E-state index in [2.05, 4.69) is 25.7 Å². The van der Waals surface area contributed by atoms with Gasteiger partial charge in [-0.25, -0.2) is 9.89 Å². The van der Waals surface area contributed by atoms with Crippen molar-refractivity contribution < 1.29 is 4.92 Å². The van der Waals surface area contributed by atoms with E-state index >= 15 is 0 Å². The lowest BCUT2D eigenvalue weighted by Gasteiger charge is -2.00. The zero-order valence-corrected chi connectivity index (χ0v) is 10.4. The smallest absolute Gasteiger partial charge is 0.260 e. The fourth-order valence-corrected chi connectivity index (χ4v) is 1.42. The van der Waals surface area contributed by atoms with Gasteiger partial charge in [-0.15, -0.1) is 0 Å². The number of nitrogens with one attached hydrogen (secondary N) is 2. The topological polar surface area (TPSA) is 126 Å². The molecule has 0 aliphatic heterocycles. The maximum Gasteiger partial charge on any atom is 0.363 e. The van der Waals surface area contributed by atoms with E-state index in [1.165, 1.54) is 12.3 Å². The fraction of sp³-hybridized carbons (Fsp3) is 0.0909. The Balaban J connectivity index is 2.21. The van der Waals surface area contributed by atoms with Gasteiger partial charge in [0.1, 0.15) is 5.69 Å². The van der Waals surface area contributed by atoms with E-state index in [0.29, 0.717) is 11.3 Å². The molecule has 0 unspecified atom stereocenters. The van der Waals surface area contributed by atoms with Crippen molar-refractivity contribution >= 4 is 17.7 Å². The number of nitrogens with zero attached hydrogens (tertiary/aromatic N) is 4. The fourth-order valence-electron chi connectivity index (χ4n) is 1.42. The van der Waals surface area contributed by atoms with Gasteiger partial charge in [-0.3, -0.25) is 15.5 Å². The molecule has 0 saturated carbocycles. The number of aryl methyl sites for hydroxylation is 1. The predicted molar refractivity (Wildman–Crippen MR) is 71.7 cm³/mol. The van der Waals surface area contributed by atoms with Crippen molar-refractivity contribution in [3.05, 3.63) is 56.1 Å². The Morgan fingerprint density at radius 3 is 2.95 bits per heavy atom. The Bertz CT molecular complexity index is 724.